The second-order valence-electron chi connectivity index (χ2n) is 5.02. The van der Waals surface area contributed by atoms with Gasteiger partial charge in [-0.3, -0.25) is 4.57 Å². The molecule has 1 atom stereocenters. The van der Waals surface area contributed by atoms with Gasteiger partial charge >= 0.3 is 5.69 Å². The van der Waals surface area contributed by atoms with Crippen molar-refractivity contribution in [2.45, 2.75) is 39.2 Å². The predicted octanol–water partition coefficient (Wildman–Crippen LogP) is 2.56. The zero-order valence-corrected chi connectivity index (χ0v) is 12.3. The van der Waals surface area contributed by atoms with E-state index in [2.05, 4.69) is 24.3 Å². The first-order valence-electron chi connectivity index (χ1n) is 7.13. The van der Waals surface area contributed by atoms with Gasteiger partial charge in [-0.05, 0) is 37.1 Å². The van der Waals surface area contributed by atoms with Gasteiger partial charge in [0.25, 0.3) is 0 Å². The molecule has 1 aromatic carbocycles. The molecule has 1 N–H and O–H groups in total. The highest BCUT2D eigenvalue weighted by atomic mass is 16.2. The van der Waals surface area contributed by atoms with Crippen LogP contribution in [0, 0.1) is 0 Å². The maximum Gasteiger partial charge on any atom is 0.350 e. The van der Waals surface area contributed by atoms with E-state index >= 15 is 0 Å². The first kappa shape index (κ1) is 14.4. The zero-order valence-electron chi connectivity index (χ0n) is 12.3. The number of benzene rings is 1. The Balaban J connectivity index is 2.14. The molecule has 0 bridgehead atoms. The Labute approximate surface area is 119 Å². The highest BCUT2D eigenvalue weighted by Crippen LogP contribution is 2.15. The highest BCUT2D eigenvalue weighted by molar-refractivity contribution is 5.49. The fourth-order valence-electron chi connectivity index (χ4n) is 2.22. The van der Waals surface area contributed by atoms with Crippen molar-refractivity contribution < 1.29 is 0 Å². The predicted molar refractivity (Wildman–Crippen MR) is 81.4 cm³/mol. The van der Waals surface area contributed by atoms with Gasteiger partial charge < -0.3 is 5.32 Å². The van der Waals surface area contributed by atoms with Crippen molar-refractivity contribution in [3.05, 3.63) is 41.1 Å². The Morgan fingerprint density at radius 1 is 1.25 bits per heavy atom. The molecular weight excluding hydrogens is 252 g/mol. The van der Waals surface area contributed by atoms with Crippen LogP contribution in [0.15, 0.2) is 35.4 Å². The molecule has 0 aliphatic rings. The summed E-state index contributed by atoms with van der Waals surface area (Å²) in [6.45, 7) is 4.38. The molecule has 0 aliphatic carbocycles. The van der Waals surface area contributed by atoms with E-state index in [0.717, 1.165) is 24.2 Å². The lowest BCUT2D eigenvalue weighted by molar-refractivity contribution is 0.623. The van der Waals surface area contributed by atoms with Crippen LogP contribution in [-0.2, 0) is 7.05 Å². The van der Waals surface area contributed by atoms with Gasteiger partial charge in [-0.25, -0.2) is 4.79 Å². The van der Waals surface area contributed by atoms with Crippen LogP contribution in [0.4, 0.5) is 5.69 Å². The molecule has 1 heterocycles. The minimum atomic E-state index is -0.136. The van der Waals surface area contributed by atoms with Crippen molar-refractivity contribution in [1.29, 1.82) is 0 Å². The van der Waals surface area contributed by atoms with Crippen LogP contribution in [0.25, 0.3) is 5.69 Å². The van der Waals surface area contributed by atoms with E-state index < -0.39 is 0 Å². The lowest BCUT2D eigenvalue weighted by Gasteiger charge is -2.17. The molecule has 0 unspecified atom stereocenters. The Morgan fingerprint density at radius 2 is 1.95 bits per heavy atom. The molecule has 1 aromatic heterocycles. The molecule has 0 saturated heterocycles. The maximum atomic E-state index is 11.8. The van der Waals surface area contributed by atoms with Crippen LogP contribution in [0.3, 0.4) is 0 Å². The Hall–Kier alpha value is -2.04. The summed E-state index contributed by atoms with van der Waals surface area (Å²) < 4.78 is 2.85. The number of nitrogens with one attached hydrogen (secondary N) is 1. The monoisotopic (exact) mass is 274 g/mol. The van der Waals surface area contributed by atoms with Crippen molar-refractivity contribution in [2.24, 2.45) is 7.05 Å². The number of anilines is 1. The van der Waals surface area contributed by atoms with Crippen LogP contribution in [0.2, 0.25) is 0 Å². The van der Waals surface area contributed by atoms with E-state index in [1.807, 2.05) is 24.3 Å². The molecular formula is C15H22N4O. The van der Waals surface area contributed by atoms with Crippen LogP contribution >= 0.6 is 0 Å². The molecule has 0 saturated carbocycles. The van der Waals surface area contributed by atoms with Crippen LogP contribution in [0.1, 0.15) is 33.1 Å². The molecule has 0 aliphatic heterocycles. The Morgan fingerprint density at radius 3 is 2.45 bits per heavy atom. The second-order valence-corrected chi connectivity index (χ2v) is 5.02. The number of nitrogens with zero attached hydrogens (tertiary/aromatic N) is 3. The fourth-order valence-corrected chi connectivity index (χ4v) is 2.22. The fraction of sp³-hybridized carbons (Fsp3) is 0.467. The van der Waals surface area contributed by atoms with Gasteiger partial charge in [0.05, 0.1) is 5.69 Å². The first-order chi connectivity index (χ1) is 9.65. The van der Waals surface area contributed by atoms with Crippen LogP contribution < -0.4 is 11.0 Å². The number of hydrogen-bond acceptors (Lipinski definition) is 3. The molecule has 0 radical (unpaired) electrons. The van der Waals surface area contributed by atoms with E-state index in [0.29, 0.717) is 6.04 Å². The van der Waals surface area contributed by atoms with E-state index in [1.165, 1.54) is 22.0 Å². The largest absolute Gasteiger partial charge is 0.382 e. The molecule has 20 heavy (non-hydrogen) atoms. The van der Waals surface area contributed by atoms with Crippen molar-refractivity contribution in [3.63, 3.8) is 0 Å². The third-order valence-electron chi connectivity index (χ3n) is 3.44. The van der Waals surface area contributed by atoms with Gasteiger partial charge in [0.2, 0.25) is 0 Å². The quantitative estimate of drug-likeness (QED) is 0.880. The second kappa shape index (κ2) is 6.41. The average molecular weight is 274 g/mol. The third kappa shape index (κ3) is 3.10. The van der Waals surface area contributed by atoms with Gasteiger partial charge in [-0.1, -0.05) is 20.3 Å². The van der Waals surface area contributed by atoms with Crippen molar-refractivity contribution >= 4 is 5.69 Å². The van der Waals surface area contributed by atoms with E-state index in [4.69, 9.17) is 0 Å². The highest BCUT2D eigenvalue weighted by Gasteiger charge is 2.06. The molecule has 5 heteroatoms. The number of rotatable bonds is 6. The lowest BCUT2D eigenvalue weighted by atomic mass is 10.1. The van der Waals surface area contributed by atoms with Crippen LogP contribution in [0.5, 0.6) is 0 Å². The number of aryl methyl sites for hydroxylation is 1. The minimum Gasteiger partial charge on any atom is -0.382 e. The first-order valence-corrected chi connectivity index (χ1v) is 7.13. The lowest BCUT2D eigenvalue weighted by Crippen LogP contribution is -2.21. The van der Waals surface area contributed by atoms with Gasteiger partial charge in [0.1, 0.15) is 6.33 Å². The van der Waals surface area contributed by atoms with Gasteiger partial charge in [-0.2, -0.15) is 9.78 Å². The third-order valence-corrected chi connectivity index (χ3v) is 3.44. The van der Waals surface area contributed by atoms with Crippen molar-refractivity contribution in [3.8, 4) is 5.69 Å². The summed E-state index contributed by atoms with van der Waals surface area (Å²) in [6, 6.07) is 8.32. The summed E-state index contributed by atoms with van der Waals surface area (Å²) in [5, 5.41) is 7.58. The SMILES string of the molecule is CCC[C@H](CC)Nc1ccc(-n2ncn(C)c2=O)cc1. The normalized spacial score (nSPS) is 12.3. The molecule has 0 fully saturated rings. The summed E-state index contributed by atoms with van der Waals surface area (Å²) in [7, 11) is 1.69. The smallest absolute Gasteiger partial charge is 0.350 e. The standard InChI is InChI=1S/C15H22N4O/c1-4-6-12(5-2)17-13-7-9-14(10-8-13)19-15(20)18(3)11-16-19/h7-12,17H,4-6H2,1-3H3/t12-/m0/s1. The Kier molecular flexibility index (Phi) is 4.61. The number of hydrogen-bond donors (Lipinski definition) is 1. The molecule has 0 amide bonds. The van der Waals surface area contributed by atoms with Crippen molar-refractivity contribution in [2.75, 3.05) is 5.32 Å². The van der Waals surface area contributed by atoms with E-state index in [9.17, 15) is 4.79 Å². The van der Waals surface area contributed by atoms with Gasteiger partial charge in [0, 0.05) is 18.8 Å². The maximum absolute atomic E-state index is 11.8. The summed E-state index contributed by atoms with van der Waals surface area (Å²) in [5.74, 6) is 0. The van der Waals surface area contributed by atoms with E-state index in [-0.39, 0.29) is 5.69 Å². The molecule has 108 valence electrons. The molecule has 0 spiro atoms. The topological polar surface area (TPSA) is 51.9 Å². The molecule has 2 aromatic rings. The van der Waals surface area contributed by atoms with E-state index in [1.54, 1.807) is 7.05 Å². The summed E-state index contributed by atoms with van der Waals surface area (Å²) in [4.78, 5) is 11.8. The Bertz CT molecular complexity index is 597. The van der Waals surface area contributed by atoms with Gasteiger partial charge in [0.15, 0.2) is 0 Å². The number of aromatic nitrogens is 3. The van der Waals surface area contributed by atoms with Gasteiger partial charge in [-0.15, -0.1) is 0 Å². The molecule has 5 nitrogen and oxygen atoms in total. The molecule has 2 rings (SSSR count). The van der Waals surface area contributed by atoms with Crippen molar-refractivity contribution in [1.82, 2.24) is 14.3 Å². The van der Waals surface area contributed by atoms with Crippen LogP contribution in [-0.4, -0.2) is 20.4 Å². The zero-order chi connectivity index (χ0) is 14.5. The minimum absolute atomic E-state index is 0.136. The summed E-state index contributed by atoms with van der Waals surface area (Å²) in [6.07, 6.45) is 4.96. The average Bonchev–Trinajstić information content (AvgIpc) is 2.79. The summed E-state index contributed by atoms with van der Waals surface area (Å²) in [5.41, 5.74) is 1.73. The summed E-state index contributed by atoms with van der Waals surface area (Å²) >= 11 is 0.